The molecule has 2 aliphatic rings. The highest BCUT2D eigenvalue weighted by Gasteiger charge is 2.27. The Hall–Kier alpha value is -3.53. The number of benzene rings is 1. The van der Waals surface area contributed by atoms with E-state index in [1.165, 1.54) is 0 Å². The van der Waals surface area contributed by atoms with Crippen molar-refractivity contribution in [3.05, 3.63) is 35.7 Å². The molecule has 1 aromatic carbocycles. The zero-order valence-corrected chi connectivity index (χ0v) is 22.2. The highest BCUT2D eigenvalue weighted by Crippen LogP contribution is 2.32. The van der Waals surface area contributed by atoms with Crippen molar-refractivity contribution in [3.8, 4) is 5.75 Å². The summed E-state index contributed by atoms with van der Waals surface area (Å²) in [5.41, 5.74) is 7.73. The summed E-state index contributed by atoms with van der Waals surface area (Å²) >= 11 is 0. The Balaban J connectivity index is 1.52. The maximum atomic E-state index is 12.2. The largest absolute Gasteiger partial charge is 0.497 e. The number of anilines is 3. The van der Waals surface area contributed by atoms with E-state index in [9.17, 15) is 4.79 Å². The highest BCUT2D eigenvalue weighted by atomic mass is 16.6. The number of nitrogens with one attached hydrogen (secondary N) is 1. The number of methoxy groups -OCH3 is 1. The lowest BCUT2D eigenvalue weighted by Gasteiger charge is -2.35. The van der Waals surface area contributed by atoms with E-state index in [1.54, 1.807) is 7.11 Å². The first-order valence-electron chi connectivity index (χ1n) is 12.8. The van der Waals surface area contributed by atoms with Crippen LogP contribution < -0.4 is 25.6 Å². The topological polar surface area (TPSA) is 115 Å². The predicted molar refractivity (Wildman–Crippen MR) is 146 cm³/mol. The van der Waals surface area contributed by atoms with Crippen molar-refractivity contribution in [2.75, 3.05) is 62.0 Å². The first-order chi connectivity index (χ1) is 17.7. The van der Waals surface area contributed by atoms with E-state index in [2.05, 4.69) is 15.1 Å². The molecular formula is C27H38N6O4. The minimum Gasteiger partial charge on any atom is -0.497 e. The smallest absolute Gasteiger partial charge is 0.407 e. The molecule has 0 atom stereocenters. The van der Waals surface area contributed by atoms with E-state index in [0.717, 1.165) is 48.9 Å². The van der Waals surface area contributed by atoms with Gasteiger partial charge in [-0.05, 0) is 57.4 Å². The van der Waals surface area contributed by atoms with E-state index in [1.807, 2.05) is 57.2 Å². The van der Waals surface area contributed by atoms with E-state index >= 15 is 0 Å². The average Bonchev–Trinajstić information content (AvgIpc) is 2.88. The molecule has 1 aromatic heterocycles. The van der Waals surface area contributed by atoms with Crippen LogP contribution in [0.5, 0.6) is 5.75 Å². The van der Waals surface area contributed by atoms with Crippen molar-refractivity contribution in [2.24, 2.45) is 0 Å². The first-order valence-corrected chi connectivity index (χ1v) is 12.8. The summed E-state index contributed by atoms with van der Waals surface area (Å²) in [4.78, 5) is 26.2. The number of nitrogen functional groups attached to an aromatic ring is 1. The number of carbonyl (C=O) groups excluding carboxylic acids is 1. The number of nitrogens with two attached hydrogens (primary N) is 1. The van der Waals surface area contributed by atoms with Gasteiger partial charge in [0, 0.05) is 32.2 Å². The van der Waals surface area contributed by atoms with Crippen molar-refractivity contribution in [1.29, 1.82) is 0 Å². The number of nitrogens with zero attached hydrogens (tertiary/aromatic N) is 4. The summed E-state index contributed by atoms with van der Waals surface area (Å²) in [5.74, 6) is 2.86. The lowest BCUT2D eigenvalue weighted by Crippen LogP contribution is -2.46. The van der Waals surface area contributed by atoms with Gasteiger partial charge in [-0.3, -0.25) is 0 Å². The molecule has 10 nitrogen and oxygen atoms in total. The van der Waals surface area contributed by atoms with Crippen molar-refractivity contribution in [2.45, 2.75) is 45.3 Å². The molecule has 3 heterocycles. The third-order valence-electron chi connectivity index (χ3n) is 6.29. The summed E-state index contributed by atoms with van der Waals surface area (Å²) in [6, 6.07) is 7.85. The quantitative estimate of drug-likeness (QED) is 0.602. The van der Waals surface area contributed by atoms with E-state index in [-0.39, 0.29) is 12.1 Å². The van der Waals surface area contributed by atoms with Gasteiger partial charge < -0.3 is 35.1 Å². The van der Waals surface area contributed by atoms with Crippen molar-refractivity contribution in [3.63, 3.8) is 0 Å². The number of piperidine rings is 1. The molecule has 2 saturated heterocycles. The van der Waals surface area contributed by atoms with E-state index in [0.29, 0.717) is 37.8 Å². The number of amides is 1. The SMILES string of the molecule is COc1ccc(/C=C/c2nc(N3CCOCC3)c(N)c(N3CCC(NC(=O)OC(C)(C)C)CC3)n2)cc1. The molecule has 0 aliphatic carbocycles. The molecule has 0 bridgehead atoms. The summed E-state index contributed by atoms with van der Waals surface area (Å²) in [6.45, 7) is 9.74. The second-order valence-corrected chi connectivity index (χ2v) is 10.3. The normalized spacial score (nSPS) is 17.2. The summed E-state index contributed by atoms with van der Waals surface area (Å²) < 4.78 is 16.2. The second-order valence-electron chi connectivity index (χ2n) is 10.3. The number of rotatable bonds is 6. The fraction of sp³-hybridized carbons (Fsp3) is 0.519. The molecule has 4 rings (SSSR count). The molecule has 3 N–H and O–H groups in total. The third kappa shape index (κ3) is 7.25. The van der Waals surface area contributed by atoms with Crippen LogP contribution in [0.1, 0.15) is 45.0 Å². The van der Waals surface area contributed by atoms with Crippen LogP contribution in [0.2, 0.25) is 0 Å². The Morgan fingerprint density at radius 1 is 1.03 bits per heavy atom. The summed E-state index contributed by atoms with van der Waals surface area (Å²) in [5, 5.41) is 2.99. The minimum atomic E-state index is -0.522. The Morgan fingerprint density at radius 3 is 2.19 bits per heavy atom. The maximum Gasteiger partial charge on any atom is 0.407 e. The zero-order chi connectivity index (χ0) is 26.4. The Labute approximate surface area is 218 Å². The highest BCUT2D eigenvalue weighted by molar-refractivity contribution is 5.79. The van der Waals surface area contributed by atoms with Gasteiger partial charge in [-0.15, -0.1) is 0 Å². The van der Waals surface area contributed by atoms with Gasteiger partial charge in [-0.2, -0.15) is 0 Å². The van der Waals surface area contributed by atoms with Crippen molar-refractivity contribution in [1.82, 2.24) is 15.3 Å². The average molecular weight is 511 g/mol. The number of carbonyl (C=O) groups is 1. The van der Waals surface area contributed by atoms with Gasteiger partial charge in [0.2, 0.25) is 0 Å². The molecule has 0 radical (unpaired) electrons. The van der Waals surface area contributed by atoms with Crippen LogP contribution in [-0.2, 0) is 9.47 Å². The number of alkyl carbamates (subject to hydrolysis) is 1. The molecular weight excluding hydrogens is 472 g/mol. The van der Waals surface area contributed by atoms with Gasteiger partial charge in [-0.1, -0.05) is 18.2 Å². The van der Waals surface area contributed by atoms with Crippen LogP contribution in [0.15, 0.2) is 24.3 Å². The first kappa shape index (κ1) is 26.5. The van der Waals surface area contributed by atoms with Gasteiger partial charge in [0.05, 0.1) is 20.3 Å². The molecule has 2 fully saturated rings. The van der Waals surface area contributed by atoms with Gasteiger partial charge >= 0.3 is 6.09 Å². The molecule has 2 aliphatic heterocycles. The number of hydrogen-bond donors (Lipinski definition) is 2. The second kappa shape index (κ2) is 11.7. The molecule has 0 unspecified atom stereocenters. The molecule has 2 aromatic rings. The van der Waals surface area contributed by atoms with Gasteiger partial charge in [0.1, 0.15) is 17.0 Å². The van der Waals surface area contributed by atoms with Crippen LogP contribution in [0.3, 0.4) is 0 Å². The van der Waals surface area contributed by atoms with Crippen LogP contribution >= 0.6 is 0 Å². The number of hydrogen-bond acceptors (Lipinski definition) is 9. The predicted octanol–water partition coefficient (Wildman–Crippen LogP) is 3.57. The van der Waals surface area contributed by atoms with Crippen molar-refractivity contribution < 1.29 is 19.0 Å². The van der Waals surface area contributed by atoms with Gasteiger partial charge in [-0.25, -0.2) is 14.8 Å². The van der Waals surface area contributed by atoms with E-state index in [4.69, 9.17) is 29.9 Å². The molecule has 37 heavy (non-hydrogen) atoms. The third-order valence-corrected chi connectivity index (χ3v) is 6.29. The van der Waals surface area contributed by atoms with Gasteiger partial charge in [0.25, 0.3) is 0 Å². The molecule has 200 valence electrons. The lowest BCUT2D eigenvalue weighted by atomic mass is 10.1. The minimum absolute atomic E-state index is 0.0438. The van der Waals surface area contributed by atoms with Crippen LogP contribution in [0, 0.1) is 0 Å². The molecule has 10 heteroatoms. The van der Waals surface area contributed by atoms with Crippen LogP contribution in [-0.4, -0.2) is 74.2 Å². The Morgan fingerprint density at radius 2 is 1.62 bits per heavy atom. The van der Waals surface area contributed by atoms with E-state index < -0.39 is 5.60 Å². The fourth-order valence-corrected chi connectivity index (χ4v) is 4.39. The Kier molecular flexibility index (Phi) is 8.38. The molecule has 0 saturated carbocycles. The number of ether oxygens (including phenoxy) is 3. The molecule has 1 amide bonds. The lowest BCUT2D eigenvalue weighted by molar-refractivity contribution is 0.0497. The standard InChI is InChI=1S/C27H38N6O4/c1-27(2,3)37-26(34)29-20-11-13-32(14-12-20)24-23(28)25(33-15-17-36-18-16-33)31-22(30-24)10-7-19-5-8-21(35-4)9-6-19/h5-10,20H,11-18,28H2,1-4H3,(H,29,34)/b10-7+. The van der Waals surface area contributed by atoms with Gasteiger partial charge in [0.15, 0.2) is 17.5 Å². The van der Waals surface area contributed by atoms with Crippen molar-refractivity contribution >= 4 is 35.6 Å². The zero-order valence-electron chi connectivity index (χ0n) is 22.2. The number of morpholine rings is 1. The van der Waals surface area contributed by atoms with Crippen LogP contribution in [0.25, 0.3) is 12.2 Å². The fourth-order valence-electron chi connectivity index (χ4n) is 4.39. The summed E-state index contributed by atoms with van der Waals surface area (Å²) in [6.07, 6.45) is 5.05. The monoisotopic (exact) mass is 510 g/mol. The molecule has 0 spiro atoms. The number of aromatic nitrogens is 2. The van der Waals surface area contributed by atoms with Crippen LogP contribution in [0.4, 0.5) is 22.1 Å². The summed E-state index contributed by atoms with van der Waals surface area (Å²) in [7, 11) is 1.65. The Bertz CT molecular complexity index is 1090. The maximum absolute atomic E-state index is 12.2.